The lowest BCUT2D eigenvalue weighted by Gasteiger charge is -2.09. The fraction of sp³-hybridized carbons (Fsp3) is 0.154. The molecule has 4 nitrogen and oxygen atoms in total. The third-order valence-electron chi connectivity index (χ3n) is 2.65. The largest absolute Gasteiger partial charge is 0.264 e. The lowest BCUT2D eigenvalue weighted by molar-refractivity contribution is 0.601. The maximum atomic E-state index is 12.3. The van der Waals surface area contributed by atoms with Crippen LogP contribution in [0.2, 0.25) is 10.0 Å². The van der Waals surface area contributed by atoms with E-state index in [0.29, 0.717) is 5.02 Å². The zero-order valence-electron chi connectivity index (χ0n) is 10.6. The van der Waals surface area contributed by atoms with Crippen LogP contribution >= 0.6 is 23.2 Å². The van der Waals surface area contributed by atoms with Gasteiger partial charge in [-0.2, -0.15) is 0 Å². The van der Waals surface area contributed by atoms with Crippen LogP contribution in [0.5, 0.6) is 0 Å². The van der Waals surface area contributed by atoms with Crippen LogP contribution in [0.1, 0.15) is 12.5 Å². The second-order valence-corrected chi connectivity index (χ2v) is 6.58. The maximum absolute atomic E-state index is 12.3. The number of pyridine rings is 1. The second kappa shape index (κ2) is 5.99. The van der Waals surface area contributed by atoms with Gasteiger partial charge in [0.25, 0.3) is 10.0 Å². The van der Waals surface area contributed by atoms with E-state index in [0.717, 1.165) is 12.0 Å². The normalized spacial score (nSPS) is 11.3. The lowest BCUT2D eigenvalue weighted by Crippen LogP contribution is -2.14. The first-order valence-electron chi connectivity index (χ1n) is 5.85. The van der Waals surface area contributed by atoms with Gasteiger partial charge in [-0.3, -0.25) is 4.72 Å². The van der Waals surface area contributed by atoms with Gasteiger partial charge in [-0.05, 0) is 42.3 Å². The Balaban J connectivity index is 2.35. The molecule has 0 aliphatic rings. The van der Waals surface area contributed by atoms with Crippen molar-refractivity contribution in [1.82, 2.24) is 4.98 Å². The summed E-state index contributed by atoms with van der Waals surface area (Å²) in [5, 5.41) is 0.441. The molecule has 0 fully saturated rings. The molecule has 7 heteroatoms. The minimum absolute atomic E-state index is 0.0349. The van der Waals surface area contributed by atoms with Crippen LogP contribution in [0.3, 0.4) is 0 Å². The van der Waals surface area contributed by atoms with E-state index in [1.807, 2.05) is 13.0 Å². The van der Waals surface area contributed by atoms with Crippen molar-refractivity contribution in [2.75, 3.05) is 4.72 Å². The van der Waals surface area contributed by atoms with Crippen LogP contribution in [0.15, 0.2) is 41.4 Å². The number of hydrogen-bond donors (Lipinski definition) is 1. The Morgan fingerprint density at radius 1 is 1.20 bits per heavy atom. The van der Waals surface area contributed by atoms with Crippen LogP contribution in [0.25, 0.3) is 0 Å². The highest BCUT2D eigenvalue weighted by Crippen LogP contribution is 2.26. The van der Waals surface area contributed by atoms with Gasteiger partial charge < -0.3 is 0 Å². The molecule has 0 unspecified atom stereocenters. The first kappa shape index (κ1) is 15.1. The van der Waals surface area contributed by atoms with Crippen molar-refractivity contribution in [3.63, 3.8) is 0 Å². The zero-order valence-corrected chi connectivity index (χ0v) is 12.9. The molecule has 0 spiro atoms. The van der Waals surface area contributed by atoms with Gasteiger partial charge >= 0.3 is 0 Å². The predicted octanol–water partition coefficient (Wildman–Crippen LogP) is 3.75. The molecule has 1 heterocycles. The Hall–Kier alpha value is -1.30. The lowest BCUT2D eigenvalue weighted by atomic mass is 10.2. The number of hydrogen-bond acceptors (Lipinski definition) is 3. The van der Waals surface area contributed by atoms with Crippen molar-refractivity contribution in [1.29, 1.82) is 0 Å². The number of aryl methyl sites for hydroxylation is 1. The highest BCUT2D eigenvalue weighted by Gasteiger charge is 2.18. The molecule has 0 saturated carbocycles. The van der Waals surface area contributed by atoms with Crippen LogP contribution in [-0.2, 0) is 16.4 Å². The standard InChI is InChI=1S/C13H12Cl2N2O2S/c1-2-9-5-6-16-13(7-9)17-20(18,19)12-4-3-10(14)8-11(12)15/h3-8H,2H2,1H3,(H,16,17). The first-order valence-corrected chi connectivity index (χ1v) is 8.09. The molecule has 1 aromatic carbocycles. The van der Waals surface area contributed by atoms with Gasteiger partial charge in [0.15, 0.2) is 0 Å². The Morgan fingerprint density at radius 2 is 1.95 bits per heavy atom. The average molecular weight is 331 g/mol. The van der Waals surface area contributed by atoms with Gasteiger partial charge in [0, 0.05) is 11.2 Å². The molecule has 20 heavy (non-hydrogen) atoms. The van der Waals surface area contributed by atoms with Crippen molar-refractivity contribution in [3.05, 3.63) is 52.1 Å². The molecule has 1 aromatic heterocycles. The monoisotopic (exact) mass is 330 g/mol. The highest BCUT2D eigenvalue weighted by molar-refractivity contribution is 7.92. The van der Waals surface area contributed by atoms with Gasteiger partial charge in [0.1, 0.15) is 10.7 Å². The number of rotatable bonds is 4. The number of halogens is 2. The molecule has 0 saturated heterocycles. The second-order valence-electron chi connectivity index (χ2n) is 4.08. The van der Waals surface area contributed by atoms with E-state index in [1.165, 1.54) is 18.2 Å². The van der Waals surface area contributed by atoms with E-state index in [9.17, 15) is 8.42 Å². The van der Waals surface area contributed by atoms with Gasteiger partial charge in [-0.1, -0.05) is 30.1 Å². The van der Waals surface area contributed by atoms with Crippen molar-refractivity contribution >= 4 is 39.0 Å². The van der Waals surface area contributed by atoms with Crippen molar-refractivity contribution in [2.24, 2.45) is 0 Å². The summed E-state index contributed by atoms with van der Waals surface area (Å²) in [6, 6.07) is 7.72. The van der Waals surface area contributed by atoms with Crippen LogP contribution in [0, 0.1) is 0 Å². The number of nitrogens with one attached hydrogen (secondary N) is 1. The van der Waals surface area contributed by atoms with E-state index < -0.39 is 10.0 Å². The third kappa shape index (κ3) is 3.42. The molecule has 0 bridgehead atoms. The average Bonchev–Trinajstić information content (AvgIpc) is 2.37. The summed E-state index contributed by atoms with van der Waals surface area (Å²) in [6.07, 6.45) is 2.35. The Morgan fingerprint density at radius 3 is 2.60 bits per heavy atom. The number of sulfonamides is 1. The maximum Gasteiger partial charge on any atom is 0.264 e. The van der Waals surface area contributed by atoms with E-state index in [2.05, 4.69) is 9.71 Å². The van der Waals surface area contributed by atoms with Gasteiger partial charge in [-0.15, -0.1) is 0 Å². The fourth-order valence-electron chi connectivity index (χ4n) is 1.64. The molecule has 0 amide bonds. The van der Waals surface area contributed by atoms with Crippen molar-refractivity contribution in [2.45, 2.75) is 18.2 Å². The summed E-state index contributed by atoms with van der Waals surface area (Å²) >= 11 is 11.7. The van der Waals surface area contributed by atoms with E-state index in [4.69, 9.17) is 23.2 Å². The predicted molar refractivity (Wildman–Crippen MR) is 80.9 cm³/mol. The Bertz CT molecular complexity index is 733. The van der Waals surface area contributed by atoms with Crippen molar-refractivity contribution < 1.29 is 8.42 Å². The molecule has 0 atom stereocenters. The van der Waals surface area contributed by atoms with Gasteiger partial charge in [0.05, 0.1) is 5.02 Å². The van der Waals surface area contributed by atoms with E-state index in [-0.39, 0.29) is 15.7 Å². The van der Waals surface area contributed by atoms with E-state index >= 15 is 0 Å². The number of anilines is 1. The summed E-state index contributed by atoms with van der Waals surface area (Å²) in [7, 11) is -3.79. The fourth-order valence-corrected chi connectivity index (χ4v) is 3.41. The van der Waals surface area contributed by atoms with Crippen molar-refractivity contribution in [3.8, 4) is 0 Å². The topological polar surface area (TPSA) is 59.1 Å². The highest BCUT2D eigenvalue weighted by atomic mass is 35.5. The van der Waals surface area contributed by atoms with Crippen LogP contribution in [-0.4, -0.2) is 13.4 Å². The Kier molecular flexibility index (Phi) is 4.52. The third-order valence-corrected chi connectivity index (χ3v) is 4.73. The molecule has 0 aliphatic heterocycles. The minimum atomic E-state index is -3.79. The minimum Gasteiger partial charge on any atom is -0.263 e. The molecule has 106 valence electrons. The van der Waals surface area contributed by atoms with Gasteiger partial charge in [-0.25, -0.2) is 13.4 Å². The molecule has 0 aliphatic carbocycles. The molecule has 0 radical (unpaired) electrons. The SMILES string of the molecule is CCc1ccnc(NS(=O)(=O)c2ccc(Cl)cc2Cl)c1. The van der Waals surface area contributed by atoms with Gasteiger partial charge in [0.2, 0.25) is 0 Å². The summed E-state index contributed by atoms with van der Waals surface area (Å²) in [6.45, 7) is 1.98. The quantitative estimate of drug-likeness (QED) is 0.928. The molecular formula is C13H12Cl2N2O2S. The van der Waals surface area contributed by atoms with E-state index in [1.54, 1.807) is 12.3 Å². The molecule has 2 aromatic rings. The zero-order chi connectivity index (χ0) is 14.8. The summed E-state index contributed by atoms with van der Waals surface area (Å²) < 4.78 is 26.9. The number of benzene rings is 1. The molecule has 1 N–H and O–H groups in total. The number of nitrogens with zero attached hydrogens (tertiary/aromatic N) is 1. The Labute approximate surface area is 127 Å². The summed E-state index contributed by atoms with van der Waals surface area (Å²) in [5.41, 5.74) is 0.986. The molecular weight excluding hydrogens is 319 g/mol. The van der Waals surface area contributed by atoms with Crippen LogP contribution in [0.4, 0.5) is 5.82 Å². The van der Waals surface area contributed by atoms with Crippen LogP contribution < -0.4 is 4.72 Å². The smallest absolute Gasteiger partial charge is 0.263 e. The molecule has 2 rings (SSSR count). The first-order chi connectivity index (χ1) is 9.42. The summed E-state index contributed by atoms with van der Waals surface area (Å²) in [4.78, 5) is 3.95. The number of aromatic nitrogens is 1. The summed E-state index contributed by atoms with van der Waals surface area (Å²) in [5.74, 6) is 0.260.